The Morgan fingerprint density at radius 1 is 1.08 bits per heavy atom. The molecule has 4 nitrogen and oxygen atoms in total. The van der Waals surface area contributed by atoms with Crippen molar-refractivity contribution in [2.45, 2.75) is 38.6 Å². The summed E-state index contributed by atoms with van der Waals surface area (Å²) in [5, 5.41) is 1.40. The zero-order valence-corrected chi connectivity index (χ0v) is 17.3. The molecule has 0 radical (unpaired) electrons. The van der Waals surface area contributed by atoms with Gasteiger partial charge in [0.05, 0.1) is 0 Å². The van der Waals surface area contributed by atoms with Gasteiger partial charge in [-0.1, -0.05) is 36.2 Å². The third-order valence-corrected chi connectivity index (χ3v) is 7.95. The lowest BCUT2D eigenvalue weighted by molar-refractivity contribution is 0.184. The van der Waals surface area contributed by atoms with E-state index in [2.05, 4.69) is 4.90 Å². The summed E-state index contributed by atoms with van der Waals surface area (Å²) in [6, 6.07) is 8.02. The highest BCUT2D eigenvalue weighted by Crippen LogP contribution is 2.23. The minimum Gasteiger partial charge on any atom is -0.302 e. The van der Waals surface area contributed by atoms with Gasteiger partial charge in [0, 0.05) is 30.3 Å². The van der Waals surface area contributed by atoms with Crippen molar-refractivity contribution >= 4 is 27.9 Å². The molecule has 0 amide bonds. The van der Waals surface area contributed by atoms with Gasteiger partial charge >= 0.3 is 0 Å². The first-order valence-electron chi connectivity index (χ1n) is 9.61. The monoisotopic (exact) mass is 394 g/mol. The summed E-state index contributed by atoms with van der Waals surface area (Å²) in [4.78, 5) is 2.45. The molecule has 1 aromatic rings. The smallest absolute Gasteiger partial charge is 0.236 e. The Morgan fingerprint density at radius 2 is 1.81 bits per heavy atom. The second-order valence-corrected chi connectivity index (χ2v) is 10.2. The van der Waals surface area contributed by atoms with E-state index in [4.69, 9.17) is 0 Å². The molecule has 2 aliphatic heterocycles. The van der Waals surface area contributed by atoms with Crippen molar-refractivity contribution in [1.29, 1.82) is 0 Å². The zero-order chi connectivity index (χ0) is 18.4. The molecule has 0 N–H and O–H groups in total. The van der Waals surface area contributed by atoms with Crippen LogP contribution in [0.15, 0.2) is 29.7 Å². The number of likely N-dealkylation sites (tertiary alicyclic amines) is 1. The number of nitrogens with zero attached hydrogens (tertiary/aromatic N) is 2. The molecule has 0 bridgehead atoms. The molecule has 2 saturated heterocycles. The highest BCUT2D eigenvalue weighted by Gasteiger charge is 2.31. The van der Waals surface area contributed by atoms with E-state index < -0.39 is 10.0 Å². The van der Waals surface area contributed by atoms with E-state index in [-0.39, 0.29) is 6.04 Å². The molecule has 0 aliphatic carbocycles. The van der Waals surface area contributed by atoms with Crippen molar-refractivity contribution in [3.05, 3.63) is 40.8 Å². The highest BCUT2D eigenvalue weighted by atomic mass is 32.2. The molecular formula is C20H30N2O2S2. The Bertz CT molecular complexity index is 695. The Kier molecular flexibility index (Phi) is 7.20. The Hall–Kier alpha value is -0.820. The topological polar surface area (TPSA) is 40.6 Å². The largest absolute Gasteiger partial charge is 0.302 e. The van der Waals surface area contributed by atoms with E-state index in [9.17, 15) is 8.42 Å². The number of piperidine rings is 1. The molecule has 2 fully saturated rings. The number of benzene rings is 1. The predicted octanol–water partition coefficient (Wildman–Crippen LogP) is 3.59. The van der Waals surface area contributed by atoms with Crippen LogP contribution in [0.5, 0.6) is 0 Å². The summed E-state index contributed by atoms with van der Waals surface area (Å²) in [6.07, 6.45) is 6.43. The van der Waals surface area contributed by atoms with Crippen molar-refractivity contribution in [3.63, 3.8) is 0 Å². The number of hydrogen-bond donors (Lipinski definition) is 0. The lowest BCUT2D eigenvalue weighted by atomic mass is 10.1. The quantitative estimate of drug-likeness (QED) is 0.765. The summed E-state index contributed by atoms with van der Waals surface area (Å²) in [6.45, 7) is 5.74. The molecule has 6 heteroatoms. The number of aryl methyl sites for hydroxylation is 1. The fraction of sp³-hybridized carbons (Fsp3) is 0.600. The fourth-order valence-electron chi connectivity index (χ4n) is 3.65. The van der Waals surface area contributed by atoms with Crippen LogP contribution >= 0.6 is 11.8 Å². The number of thioether (sulfide) groups is 1. The lowest BCUT2D eigenvalue weighted by Gasteiger charge is -2.34. The van der Waals surface area contributed by atoms with Crippen LogP contribution in [0.1, 0.15) is 36.8 Å². The molecule has 2 heterocycles. The van der Waals surface area contributed by atoms with Crippen LogP contribution < -0.4 is 0 Å². The molecular weight excluding hydrogens is 364 g/mol. The van der Waals surface area contributed by atoms with Crippen molar-refractivity contribution in [2.24, 2.45) is 0 Å². The minimum atomic E-state index is -3.40. The maximum atomic E-state index is 13.0. The van der Waals surface area contributed by atoms with Crippen LogP contribution in [-0.4, -0.2) is 61.3 Å². The zero-order valence-electron chi connectivity index (χ0n) is 15.6. The second kappa shape index (κ2) is 9.40. The van der Waals surface area contributed by atoms with Crippen LogP contribution in [0.2, 0.25) is 0 Å². The van der Waals surface area contributed by atoms with Gasteiger partial charge in [0.2, 0.25) is 10.0 Å². The maximum absolute atomic E-state index is 13.0. The Labute approximate surface area is 162 Å². The van der Waals surface area contributed by atoms with E-state index in [0.717, 1.165) is 43.1 Å². The molecule has 3 rings (SSSR count). The summed E-state index contributed by atoms with van der Waals surface area (Å²) in [5.41, 5.74) is 2.10. The Balaban J connectivity index is 1.73. The van der Waals surface area contributed by atoms with E-state index in [1.54, 1.807) is 10.4 Å². The van der Waals surface area contributed by atoms with Gasteiger partial charge in [0.1, 0.15) is 0 Å². The molecule has 0 saturated carbocycles. The summed E-state index contributed by atoms with van der Waals surface area (Å²) in [5.74, 6) is 1.94. The van der Waals surface area contributed by atoms with Crippen molar-refractivity contribution in [3.8, 4) is 0 Å². The van der Waals surface area contributed by atoms with Gasteiger partial charge in [-0.05, 0) is 56.7 Å². The van der Waals surface area contributed by atoms with Gasteiger partial charge in [-0.15, -0.1) is 0 Å². The SMILES string of the molecule is Cc1ccc(/C=C/S(=O)(=O)N2CCCSCC2CN2CCCCC2)cc1. The molecule has 1 unspecified atom stereocenters. The van der Waals surface area contributed by atoms with Crippen molar-refractivity contribution < 1.29 is 8.42 Å². The number of rotatable bonds is 5. The van der Waals surface area contributed by atoms with E-state index in [0.29, 0.717) is 6.54 Å². The van der Waals surface area contributed by atoms with Crippen LogP contribution in [0, 0.1) is 6.92 Å². The minimum absolute atomic E-state index is 0.0771. The highest BCUT2D eigenvalue weighted by molar-refractivity contribution is 7.99. The van der Waals surface area contributed by atoms with E-state index >= 15 is 0 Å². The van der Waals surface area contributed by atoms with Crippen LogP contribution in [0.4, 0.5) is 0 Å². The maximum Gasteiger partial charge on any atom is 0.236 e. The average Bonchev–Trinajstić information content (AvgIpc) is 2.88. The van der Waals surface area contributed by atoms with Gasteiger partial charge in [-0.2, -0.15) is 16.1 Å². The van der Waals surface area contributed by atoms with Gasteiger partial charge in [0.15, 0.2) is 0 Å². The summed E-state index contributed by atoms with van der Waals surface area (Å²) < 4.78 is 27.8. The third kappa shape index (κ3) is 5.59. The van der Waals surface area contributed by atoms with E-state index in [1.807, 2.05) is 43.0 Å². The fourth-order valence-corrected chi connectivity index (χ4v) is 6.22. The third-order valence-electron chi connectivity index (χ3n) is 5.14. The number of hydrogen-bond acceptors (Lipinski definition) is 4. The Morgan fingerprint density at radius 3 is 2.54 bits per heavy atom. The molecule has 26 heavy (non-hydrogen) atoms. The standard InChI is InChI=1S/C20H30N2O2S2/c1-18-6-8-19(9-7-18)10-15-26(23,24)22-13-5-14-25-17-20(22)16-21-11-3-2-4-12-21/h6-10,15,20H,2-5,11-14,16-17H2,1H3/b15-10+. The summed E-state index contributed by atoms with van der Waals surface area (Å²) in [7, 11) is -3.40. The van der Waals surface area contributed by atoms with Gasteiger partial charge in [-0.3, -0.25) is 0 Å². The average molecular weight is 395 g/mol. The molecule has 1 atom stereocenters. The predicted molar refractivity (Wildman–Crippen MR) is 112 cm³/mol. The van der Waals surface area contributed by atoms with Crippen LogP contribution in [-0.2, 0) is 10.0 Å². The normalized spacial score (nSPS) is 24.0. The van der Waals surface area contributed by atoms with Gasteiger partial charge in [0.25, 0.3) is 0 Å². The second-order valence-electron chi connectivity index (χ2n) is 7.31. The molecule has 0 aromatic heterocycles. The molecule has 144 valence electrons. The molecule has 0 spiro atoms. The lowest BCUT2D eigenvalue weighted by Crippen LogP contribution is -2.48. The van der Waals surface area contributed by atoms with E-state index in [1.165, 1.54) is 30.2 Å². The van der Waals surface area contributed by atoms with Gasteiger partial charge in [-0.25, -0.2) is 8.42 Å². The van der Waals surface area contributed by atoms with Crippen LogP contribution in [0.3, 0.4) is 0 Å². The van der Waals surface area contributed by atoms with Gasteiger partial charge < -0.3 is 4.90 Å². The van der Waals surface area contributed by atoms with Crippen molar-refractivity contribution in [1.82, 2.24) is 9.21 Å². The summed E-state index contributed by atoms with van der Waals surface area (Å²) >= 11 is 1.89. The number of sulfonamides is 1. The van der Waals surface area contributed by atoms with Crippen LogP contribution in [0.25, 0.3) is 6.08 Å². The first-order chi connectivity index (χ1) is 12.5. The van der Waals surface area contributed by atoms with Crippen molar-refractivity contribution in [2.75, 3.05) is 37.7 Å². The first-order valence-corrected chi connectivity index (χ1v) is 12.3. The first kappa shape index (κ1) is 19.9. The molecule has 2 aliphatic rings. The molecule has 1 aromatic carbocycles.